The van der Waals surface area contributed by atoms with Crippen LogP contribution in [-0.4, -0.2) is 35.8 Å². The van der Waals surface area contributed by atoms with E-state index in [9.17, 15) is 18.4 Å². The third-order valence-electron chi connectivity index (χ3n) is 3.56. The van der Waals surface area contributed by atoms with Gasteiger partial charge in [0.2, 0.25) is 0 Å². The molecule has 26 heavy (non-hydrogen) atoms. The molecule has 1 aromatic carbocycles. The molecule has 1 saturated heterocycles. The molecule has 3 rings (SSSR count). The Kier molecular flexibility index (Phi) is 5.58. The molecular formula is C16H13ClF2N4O2S. The molecule has 1 aromatic heterocycles. The number of urea groups is 1. The summed E-state index contributed by atoms with van der Waals surface area (Å²) < 4.78 is 24.6. The molecule has 2 heterocycles. The van der Waals surface area contributed by atoms with Crippen LogP contribution in [0.2, 0.25) is 5.02 Å². The van der Waals surface area contributed by atoms with Crippen molar-refractivity contribution < 1.29 is 18.4 Å². The van der Waals surface area contributed by atoms with Gasteiger partial charge in [0.25, 0.3) is 11.7 Å². The summed E-state index contributed by atoms with van der Waals surface area (Å²) in [5.41, 5.74) is 1.11. The second-order valence-electron chi connectivity index (χ2n) is 5.27. The van der Waals surface area contributed by atoms with Gasteiger partial charge in [0, 0.05) is 18.7 Å². The van der Waals surface area contributed by atoms with Gasteiger partial charge in [0.1, 0.15) is 5.03 Å². The molecule has 1 fully saturated rings. The molecule has 1 aliphatic rings. The van der Waals surface area contributed by atoms with E-state index in [1.807, 2.05) is 0 Å². The number of amides is 3. The maximum Gasteiger partial charge on any atom is 0.322 e. The average molecular weight is 399 g/mol. The minimum absolute atomic E-state index is 0.159. The van der Waals surface area contributed by atoms with Gasteiger partial charge in [0.05, 0.1) is 22.6 Å². The fourth-order valence-electron chi connectivity index (χ4n) is 2.38. The van der Waals surface area contributed by atoms with Crippen LogP contribution in [0.5, 0.6) is 0 Å². The molecular weight excluding hydrogens is 386 g/mol. The van der Waals surface area contributed by atoms with E-state index in [-0.39, 0.29) is 11.1 Å². The Bertz CT molecular complexity index is 835. The maximum atomic E-state index is 12.4. The monoisotopic (exact) mass is 398 g/mol. The molecule has 0 atom stereocenters. The van der Waals surface area contributed by atoms with Crippen LogP contribution in [0.4, 0.5) is 25.0 Å². The van der Waals surface area contributed by atoms with Crippen LogP contribution in [0.15, 0.2) is 41.6 Å². The number of pyridine rings is 1. The number of halogens is 3. The lowest BCUT2D eigenvalue weighted by molar-refractivity contribution is 0.102. The summed E-state index contributed by atoms with van der Waals surface area (Å²) in [4.78, 5) is 29.5. The summed E-state index contributed by atoms with van der Waals surface area (Å²) in [6.45, 7) is 0.955. The Labute approximate surface area is 156 Å². The lowest BCUT2D eigenvalue weighted by Gasteiger charge is -2.17. The zero-order valence-electron chi connectivity index (χ0n) is 13.2. The molecule has 0 unspecified atom stereocenters. The average Bonchev–Trinajstić information content (AvgIpc) is 3.02. The highest BCUT2D eigenvalue weighted by Gasteiger charge is 2.24. The van der Waals surface area contributed by atoms with Crippen molar-refractivity contribution in [2.75, 3.05) is 23.3 Å². The lowest BCUT2D eigenvalue weighted by atomic mass is 10.1. The van der Waals surface area contributed by atoms with Crippen LogP contribution in [0, 0.1) is 0 Å². The number of benzene rings is 1. The summed E-state index contributed by atoms with van der Waals surface area (Å²) >= 11 is 6.46. The number of nitrogens with zero attached hydrogens (tertiary/aromatic N) is 2. The summed E-state index contributed by atoms with van der Waals surface area (Å²) in [7, 11) is 0. The number of thioether (sulfide) groups is 1. The van der Waals surface area contributed by atoms with Crippen LogP contribution < -0.4 is 15.5 Å². The normalized spacial score (nSPS) is 13.8. The molecule has 10 heteroatoms. The molecule has 0 bridgehead atoms. The van der Waals surface area contributed by atoms with Gasteiger partial charge in [-0.25, -0.2) is 9.78 Å². The number of rotatable bonds is 5. The van der Waals surface area contributed by atoms with E-state index in [0.29, 0.717) is 46.8 Å². The molecule has 2 N–H and O–H groups in total. The zero-order valence-corrected chi connectivity index (χ0v) is 14.8. The van der Waals surface area contributed by atoms with Crippen LogP contribution >= 0.6 is 23.4 Å². The number of aromatic nitrogens is 1. The summed E-state index contributed by atoms with van der Waals surface area (Å²) in [5.74, 6) is -2.99. The molecule has 6 nitrogen and oxygen atoms in total. The minimum Gasteiger partial charge on any atom is -0.336 e. The van der Waals surface area contributed by atoms with Gasteiger partial charge in [-0.2, -0.15) is 8.78 Å². The highest BCUT2D eigenvalue weighted by molar-refractivity contribution is 7.99. The molecule has 3 amide bonds. The van der Waals surface area contributed by atoms with Gasteiger partial charge in [-0.3, -0.25) is 9.69 Å². The Morgan fingerprint density at radius 3 is 2.77 bits per heavy atom. The first-order valence-electron chi connectivity index (χ1n) is 7.51. The number of carbonyl (C=O) groups is 2. The Balaban J connectivity index is 1.74. The van der Waals surface area contributed by atoms with Gasteiger partial charge in [-0.15, -0.1) is 0 Å². The largest absolute Gasteiger partial charge is 0.336 e. The standard InChI is InChI=1S/C16H13ClF2N4O2S/c17-11-3-1-9(7-12(11)23-6-5-20-16(23)25)14(24)22-10-2-4-13(21-8-10)26-15(18)19/h1-4,7-8,15H,5-6H2,(H,20,25)(H,22,24). The van der Waals surface area contributed by atoms with Crippen molar-refractivity contribution in [3.05, 3.63) is 47.1 Å². The quantitative estimate of drug-likeness (QED) is 0.750. The SMILES string of the molecule is O=C(Nc1ccc(SC(F)F)nc1)c1ccc(Cl)c(N2CCNC2=O)c1. The molecule has 1 aliphatic heterocycles. The summed E-state index contributed by atoms with van der Waals surface area (Å²) in [6, 6.07) is 7.20. The van der Waals surface area contributed by atoms with Crippen molar-refractivity contribution in [3.63, 3.8) is 0 Å². The topological polar surface area (TPSA) is 74.3 Å². The van der Waals surface area contributed by atoms with E-state index in [2.05, 4.69) is 15.6 Å². The van der Waals surface area contributed by atoms with Gasteiger partial charge in [0.15, 0.2) is 0 Å². The highest BCUT2D eigenvalue weighted by Crippen LogP contribution is 2.29. The second kappa shape index (κ2) is 7.88. The Morgan fingerprint density at radius 1 is 1.35 bits per heavy atom. The number of carbonyl (C=O) groups excluding carboxylic acids is 2. The first-order valence-corrected chi connectivity index (χ1v) is 8.77. The third-order valence-corrected chi connectivity index (χ3v) is 4.54. The van der Waals surface area contributed by atoms with E-state index in [1.165, 1.54) is 41.4 Å². The van der Waals surface area contributed by atoms with Crippen molar-refractivity contribution in [1.82, 2.24) is 10.3 Å². The fourth-order valence-corrected chi connectivity index (χ4v) is 3.04. The molecule has 0 spiro atoms. The maximum absolute atomic E-state index is 12.4. The van der Waals surface area contributed by atoms with Crippen molar-refractivity contribution in [3.8, 4) is 0 Å². The zero-order chi connectivity index (χ0) is 18.7. The molecule has 2 aromatic rings. The van der Waals surface area contributed by atoms with Crippen LogP contribution in [0.3, 0.4) is 0 Å². The number of hydrogen-bond donors (Lipinski definition) is 2. The van der Waals surface area contributed by atoms with Crippen LogP contribution in [0.25, 0.3) is 0 Å². The lowest BCUT2D eigenvalue weighted by Crippen LogP contribution is -2.28. The fraction of sp³-hybridized carbons (Fsp3) is 0.188. The van der Waals surface area contributed by atoms with Crippen molar-refractivity contribution in [2.24, 2.45) is 0 Å². The van der Waals surface area contributed by atoms with Gasteiger partial charge >= 0.3 is 6.03 Å². The molecule has 136 valence electrons. The van der Waals surface area contributed by atoms with E-state index in [4.69, 9.17) is 11.6 Å². The summed E-state index contributed by atoms with van der Waals surface area (Å²) in [5, 5.41) is 5.81. The van der Waals surface area contributed by atoms with E-state index >= 15 is 0 Å². The number of alkyl halides is 2. The minimum atomic E-state index is -2.56. The third kappa shape index (κ3) is 4.23. The van der Waals surface area contributed by atoms with Crippen molar-refractivity contribution in [2.45, 2.75) is 10.8 Å². The Morgan fingerprint density at radius 2 is 2.15 bits per heavy atom. The van der Waals surface area contributed by atoms with E-state index in [0.717, 1.165) is 0 Å². The molecule has 0 aliphatic carbocycles. The Hall–Kier alpha value is -2.39. The van der Waals surface area contributed by atoms with Gasteiger partial charge in [-0.05, 0) is 42.1 Å². The van der Waals surface area contributed by atoms with Crippen LogP contribution in [0.1, 0.15) is 10.4 Å². The van der Waals surface area contributed by atoms with Gasteiger partial charge in [-0.1, -0.05) is 11.6 Å². The van der Waals surface area contributed by atoms with Crippen LogP contribution in [-0.2, 0) is 0 Å². The smallest absolute Gasteiger partial charge is 0.322 e. The predicted molar refractivity (Wildman–Crippen MR) is 96.2 cm³/mol. The molecule has 0 saturated carbocycles. The van der Waals surface area contributed by atoms with Gasteiger partial charge < -0.3 is 10.6 Å². The number of hydrogen-bond acceptors (Lipinski definition) is 4. The first-order chi connectivity index (χ1) is 12.4. The number of nitrogens with one attached hydrogen (secondary N) is 2. The van der Waals surface area contributed by atoms with E-state index < -0.39 is 11.7 Å². The number of anilines is 2. The van der Waals surface area contributed by atoms with Crippen molar-refractivity contribution >= 4 is 46.7 Å². The second-order valence-corrected chi connectivity index (χ2v) is 6.69. The highest BCUT2D eigenvalue weighted by atomic mass is 35.5. The predicted octanol–water partition coefficient (Wildman–Crippen LogP) is 3.83. The molecule has 0 radical (unpaired) electrons. The van der Waals surface area contributed by atoms with E-state index in [1.54, 1.807) is 0 Å². The first kappa shape index (κ1) is 18.4. The summed E-state index contributed by atoms with van der Waals surface area (Å²) in [6.07, 6.45) is 1.30. The van der Waals surface area contributed by atoms with Crippen molar-refractivity contribution in [1.29, 1.82) is 0 Å².